The van der Waals surface area contributed by atoms with Crippen LogP contribution in [-0.4, -0.2) is 86.2 Å². The van der Waals surface area contributed by atoms with Gasteiger partial charge in [0.25, 0.3) is 0 Å². The predicted octanol–water partition coefficient (Wildman–Crippen LogP) is 2.99. The van der Waals surface area contributed by atoms with E-state index < -0.39 is 51.3 Å². The zero-order valence-electron chi connectivity index (χ0n) is 20.7. The average Bonchev–Trinajstić information content (AvgIpc) is 3.32. The van der Waals surface area contributed by atoms with Gasteiger partial charge in [-0.1, -0.05) is 0 Å². The molecule has 3 atom stereocenters. The number of alkyl halides is 3. The van der Waals surface area contributed by atoms with Crippen LogP contribution >= 0.6 is 11.6 Å². The molecule has 2 heterocycles. The Hall–Kier alpha value is -2.90. The number of halogens is 6. The van der Waals surface area contributed by atoms with Crippen molar-refractivity contribution in [3.8, 4) is 5.75 Å². The summed E-state index contributed by atoms with van der Waals surface area (Å²) in [5.74, 6) is -4.33. The van der Waals surface area contributed by atoms with Crippen LogP contribution in [0.25, 0.3) is 5.57 Å². The van der Waals surface area contributed by atoms with Crippen molar-refractivity contribution in [1.82, 2.24) is 20.1 Å². The van der Waals surface area contributed by atoms with Gasteiger partial charge >= 0.3 is 201 Å². The molecule has 0 spiro atoms. The normalized spacial score (nSPS) is 15.8. The maximum atomic E-state index is 15.0. The Morgan fingerprint density at radius 1 is 1.21 bits per heavy atom. The fourth-order valence-electron chi connectivity index (χ4n) is 3.36. The summed E-state index contributed by atoms with van der Waals surface area (Å²) in [6, 6.07) is -0.120. The largest absolute Gasteiger partial charge is 0.481 e. The van der Waals surface area contributed by atoms with Crippen molar-refractivity contribution in [2.75, 3.05) is 25.1 Å². The molecule has 3 rings (SSSR count). The molecule has 216 valence electrons. The zero-order chi connectivity index (χ0) is 29.5. The number of carboxylic acids is 2. The van der Waals surface area contributed by atoms with Crippen molar-refractivity contribution < 1.29 is 46.5 Å². The smallest absolute Gasteiger partial charge is 0.303 e. The molecule has 0 amide bonds. The van der Waals surface area contributed by atoms with Crippen molar-refractivity contribution in [3.63, 3.8) is 0 Å². The van der Waals surface area contributed by atoms with Gasteiger partial charge in [-0.25, -0.2) is 0 Å². The number of aromatic nitrogens is 3. The average molecular weight is 646 g/mol. The van der Waals surface area contributed by atoms with E-state index in [0.717, 1.165) is 42.2 Å². The van der Waals surface area contributed by atoms with E-state index in [4.69, 9.17) is 26.6 Å². The topological polar surface area (TPSA) is 130 Å². The number of benzene rings is 1. The third-order valence-corrected chi connectivity index (χ3v) is 6.98. The number of hydrogen-bond acceptors (Lipinski definition) is 7. The van der Waals surface area contributed by atoms with Gasteiger partial charge in [0.05, 0.1) is 12.8 Å². The third kappa shape index (κ3) is 8.29. The van der Waals surface area contributed by atoms with Crippen molar-refractivity contribution in [1.29, 1.82) is 0 Å². The van der Waals surface area contributed by atoms with E-state index >= 15 is 0 Å². The second-order valence-corrected chi connectivity index (χ2v) is 9.78. The third-order valence-electron chi connectivity index (χ3n) is 5.30. The Balaban J connectivity index is 0.000000580. The number of ether oxygens (including phenoxy) is 1. The molecule has 2 unspecified atom stereocenters. The molecule has 0 fully saturated rings. The number of aliphatic carboxylic acids is 2. The second-order valence-electron chi connectivity index (χ2n) is 8.10. The van der Waals surface area contributed by atoms with Gasteiger partial charge in [-0.15, -0.1) is 0 Å². The van der Waals surface area contributed by atoms with Gasteiger partial charge in [0.2, 0.25) is 0 Å². The standard InChI is InChI=1S/C18H20AsClF5N5O.C4H6O4/c1-9(18(23,24)25)29-16(20)14(15(19)30-17(29)27-8-28-30)13-11(21)6-10(7-12(13)22)31-5-3-4-26-2;5-3(6)1-2-4(7)8/h6-9,15,26H,3-5,19H2,1-2H3;1-2H2,(H,5,6)(H,7,8)/t9-,15?;/m0./s1. The van der Waals surface area contributed by atoms with E-state index in [1.165, 1.54) is 4.68 Å². The first-order valence-electron chi connectivity index (χ1n) is 11.3. The number of rotatable bonds is 10. The number of hydrogen-bond donors (Lipinski definition) is 3. The van der Waals surface area contributed by atoms with Crippen LogP contribution in [0.4, 0.5) is 27.9 Å². The van der Waals surface area contributed by atoms with Gasteiger partial charge < -0.3 is 10.2 Å². The van der Waals surface area contributed by atoms with Crippen LogP contribution in [-0.2, 0) is 9.59 Å². The fraction of sp³-hybridized carbons (Fsp3) is 0.455. The number of fused-ring (bicyclic) bond motifs is 1. The molecule has 0 radical (unpaired) electrons. The Morgan fingerprint density at radius 3 is 2.26 bits per heavy atom. The van der Waals surface area contributed by atoms with Gasteiger partial charge in [-0.05, 0) is 0 Å². The van der Waals surface area contributed by atoms with Crippen LogP contribution in [0.5, 0.6) is 5.75 Å². The summed E-state index contributed by atoms with van der Waals surface area (Å²) in [5, 5.41) is 22.2. The molecule has 0 saturated heterocycles. The molecule has 0 bridgehead atoms. The molecule has 17 heteroatoms. The maximum absolute atomic E-state index is 15.0. The number of carbonyl (C=O) groups is 2. The Bertz CT molecular complexity index is 1180. The minimum Gasteiger partial charge on any atom is -0.481 e. The first kappa shape index (κ1) is 32.3. The first-order valence-corrected chi connectivity index (χ1v) is 13.1. The van der Waals surface area contributed by atoms with Gasteiger partial charge in [0.1, 0.15) is 0 Å². The molecule has 0 aliphatic carbocycles. The van der Waals surface area contributed by atoms with Crippen LogP contribution in [0.3, 0.4) is 0 Å². The van der Waals surface area contributed by atoms with Crippen LogP contribution in [0.1, 0.15) is 36.6 Å². The molecule has 1 aromatic heterocycles. The van der Waals surface area contributed by atoms with Crippen LogP contribution in [0, 0.1) is 11.6 Å². The summed E-state index contributed by atoms with van der Waals surface area (Å²) in [7, 11) is 1.77. The summed E-state index contributed by atoms with van der Waals surface area (Å²) >= 11 is 7.28. The summed E-state index contributed by atoms with van der Waals surface area (Å²) in [5.41, 5.74) is -0.671. The van der Waals surface area contributed by atoms with E-state index in [2.05, 4.69) is 15.4 Å². The molecule has 0 saturated carbocycles. The Kier molecular flexibility index (Phi) is 11.6. The van der Waals surface area contributed by atoms with Crippen molar-refractivity contribution in [3.05, 3.63) is 40.8 Å². The van der Waals surface area contributed by atoms with E-state index in [1.807, 2.05) is 0 Å². The summed E-state index contributed by atoms with van der Waals surface area (Å²) < 4.78 is 76.9. The minimum absolute atomic E-state index is 0.0255. The molecule has 39 heavy (non-hydrogen) atoms. The van der Waals surface area contributed by atoms with Crippen molar-refractivity contribution in [2.45, 2.75) is 43.2 Å². The number of anilines is 1. The fourth-order valence-corrected chi connectivity index (χ4v) is 5.13. The van der Waals surface area contributed by atoms with Crippen LogP contribution in [0.2, 0.25) is 0 Å². The van der Waals surface area contributed by atoms with Crippen molar-refractivity contribution >= 4 is 51.9 Å². The molecular weight excluding hydrogens is 620 g/mol. The SMILES string of the molecule is CNCCCOc1cc(F)c(C2=C(Cl)N([C@@H](C)C(F)(F)F)c3ncnn3C2[AsH2])c(F)c1.O=C(O)CCC(=O)O. The molecular formula is C22H26AsClF5N5O5. The van der Waals surface area contributed by atoms with E-state index in [1.54, 1.807) is 7.05 Å². The summed E-state index contributed by atoms with van der Waals surface area (Å²) in [4.78, 5) is 23.0. The summed E-state index contributed by atoms with van der Waals surface area (Å²) in [6.07, 6.45) is -3.57. The second kappa shape index (κ2) is 13.9. The van der Waals surface area contributed by atoms with Crippen molar-refractivity contribution in [2.24, 2.45) is 0 Å². The van der Waals surface area contributed by atoms with E-state index in [9.17, 15) is 31.5 Å². The zero-order valence-corrected chi connectivity index (χ0v) is 23.9. The number of nitrogens with zero attached hydrogens (tertiary/aromatic N) is 4. The van der Waals surface area contributed by atoms with Gasteiger partial charge in [-0.2, -0.15) is 0 Å². The summed E-state index contributed by atoms with van der Waals surface area (Å²) in [6.45, 7) is 1.79. The molecule has 1 aliphatic heterocycles. The quantitative estimate of drug-likeness (QED) is 0.155. The predicted molar refractivity (Wildman–Crippen MR) is 133 cm³/mol. The number of carboxylic acid groups (broad SMARTS) is 2. The van der Waals surface area contributed by atoms with Gasteiger partial charge in [-0.3, -0.25) is 9.59 Å². The minimum atomic E-state index is -4.67. The number of nitrogens with one attached hydrogen (secondary N) is 1. The molecule has 2 aromatic rings. The monoisotopic (exact) mass is 645 g/mol. The molecule has 1 aromatic carbocycles. The Labute approximate surface area is 233 Å². The maximum Gasteiger partial charge on any atom is 0.303 e. The molecule has 3 N–H and O–H groups in total. The number of allylic oxidation sites excluding steroid dienone is 1. The Morgan fingerprint density at radius 2 is 1.77 bits per heavy atom. The van der Waals surface area contributed by atoms with Crippen LogP contribution in [0.15, 0.2) is 23.6 Å². The van der Waals surface area contributed by atoms with Gasteiger partial charge in [0, 0.05) is 0 Å². The van der Waals surface area contributed by atoms with Crippen LogP contribution < -0.4 is 15.0 Å². The molecule has 10 nitrogen and oxygen atoms in total. The first-order chi connectivity index (χ1) is 18.2. The van der Waals surface area contributed by atoms with E-state index in [-0.39, 0.29) is 36.7 Å². The van der Waals surface area contributed by atoms with Gasteiger partial charge in [0.15, 0.2) is 0 Å². The van der Waals surface area contributed by atoms with E-state index in [0.29, 0.717) is 17.9 Å². The molecule has 1 aliphatic rings.